The van der Waals surface area contributed by atoms with Crippen LogP contribution in [0.1, 0.15) is 36.4 Å². The molecule has 9 heteroatoms. The van der Waals surface area contributed by atoms with Crippen molar-refractivity contribution in [3.63, 3.8) is 0 Å². The highest BCUT2D eigenvalue weighted by molar-refractivity contribution is 5.86. The topological polar surface area (TPSA) is 97.9 Å². The summed E-state index contributed by atoms with van der Waals surface area (Å²) in [6, 6.07) is 2.91. The first-order chi connectivity index (χ1) is 14.4. The zero-order valence-corrected chi connectivity index (χ0v) is 17.3. The second kappa shape index (κ2) is 8.47. The van der Waals surface area contributed by atoms with Gasteiger partial charge in [0.15, 0.2) is 0 Å². The summed E-state index contributed by atoms with van der Waals surface area (Å²) in [6.45, 7) is 3.10. The fraction of sp³-hybridized carbons (Fsp3) is 0.667. The van der Waals surface area contributed by atoms with Crippen molar-refractivity contribution in [3.05, 3.63) is 33.7 Å². The standard InChI is InChI=1S/C21H29FN4O4/c1-30-19(27)7-17(23)21(29)25-8-13-6-15(11-25)18-3-2-14(20(28)26(18)9-13)10-24-5-4-16(22)12-24/h2-3,13,15-17H,4-12,23H2,1H3/t13-,15+,16-,17-/m0/s1. The molecule has 2 bridgehead atoms. The van der Waals surface area contributed by atoms with Gasteiger partial charge in [0.05, 0.1) is 19.6 Å². The highest BCUT2D eigenvalue weighted by Gasteiger charge is 2.38. The van der Waals surface area contributed by atoms with E-state index < -0.39 is 18.2 Å². The predicted octanol–water partition coefficient (Wildman–Crippen LogP) is 0.228. The summed E-state index contributed by atoms with van der Waals surface area (Å²) in [7, 11) is 1.27. The average Bonchev–Trinajstić information content (AvgIpc) is 3.14. The van der Waals surface area contributed by atoms with E-state index in [1.807, 2.05) is 21.6 Å². The molecule has 1 aromatic heterocycles. The van der Waals surface area contributed by atoms with Gasteiger partial charge in [-0.15, -0.1) is 0 Å². The largest absolute Gasteiger partial charge is 0.469 e. The number of aromatic nitrogens is 1. The quantitative estimate of drug-likeness (QED) is 0.685. The lowest BCUT2D eigenvalue weighted by molar-refractivity contribution is -0.145. The smallest absolute Gasteiger partial charge is 0.307 e. The molecule has 4 atom stereocenters. The van der Waals surface area contributed by atoms with Gasteiger partial charge in [0.1, 0.15) is 6.17 Å². The number of carbonyl (C=O) groups excluding carboxylic acids is 2. The van der Waals surface area contributed by atoms with Crippen molar-refractivity contribution in [2.24, 2.45) is 11.7 Å². The Labute approximate surface area is 174 Å². The van der Waals surface area contributed by atoms with Crippen LogP contribution < -0.4 is 11.3 Å². The van der Waals surface area contributed by atoms with E-state index in [4.69, 9.17) is 5.73 Å². The normalized spacial score (nSPS) is 26.9. The van der Waals surface area contributed by atoms with Gasteiger partial charge in [0, 0.05) is 56.4 Å². The number of hydrogen-bond acceptors (Lipinski definition) is 6. The van der Waals surface area contributed by atoms with E-state index >= 15 is 0 Å². The Hall–Kier alpha value is -2.26. The van der Waals surface area contributed by atoms with Crippen molar-refractivity contribution >= 4 is 11.9 Å². The molecule has 0 unspecified atom stereocenters. The van der Waals surface area contributed by atoms with Gasteiger partial charge in [0.25, 0.3) is 5.56 Å². The van der Waals surface area contributed by atoms with Crippen LogP contribution in [0.15, 0.2) is 16.9 Å². The number of piperidine rings is 1. The molecule has 164 valence electrons. The molecule has 0 aromatic carbocycles. The summed E-state index contributed by atoms with van der Waals surface area (Å²) >= 11 is 0. The monoisotopic (exact) mass is 420 g/mol. The number of nitrogens with two attached hydrogens (primary N) is 1. The van der Waals surface area contributed by atoms with Crippen LogP contribution >= 0.6 is 0 Å². The minimum absolute atomic E-state index is 0.00771. The number of alkyl halides is 1. The molecule has 0 radical (unpaired) electrons. The maximum absolute atomic E-state index is 13.5. The van der Waals surface area contributed by atoms with Crippen LogP contribution in [0.5, 0.6) is 0 Å². The van der Waals surface area contributed by atoms with Gasteiger partial charge in [-0.2, -0.15) is 0 Å². The van der Waals surface area contributed by atoms with Gasteiger partial charge in [-0.05, 0) is 24.8 Å². The SMILES string of the molecule is COC(=O)C[C@H](N)C(=O)N1C[C@@H]2C[C@H](C1)c1ccc(CN3CC[C@H](F)C3)c(=O)n1C2. The van der Waals surface area contributed by atoms with E-state index in [0.29, 0.717) is 51.3 Å². The number of carbonyl (C=O) groups is 2. The summed E-state index contributed by atoms with van der Waals surface area (Å²) in [5.74, 6) is -0.525. The Balaban J connectivity index is 1.49. The molecule has 3 aliphatic heterocycles. The van der Waals surface area contributed by atoms with Crippen molar-refractivity contribution < 1.29 is 18.7 Å². The average molecular weight is 420 g/mol. The summed E-state index contributed by atoms with van der Waals surface area (Å²) in [5.41, 5.74) is 7.54. The third-order valence-electron chi connectivity index (χ3n) is 6.54. The second-order valence-electron chi connectivity index (χ2n) is 8.75. The van der Waals surface area contributed by atoms with Crippen LogP contribution in [0.3, 0.4) is 0 Å². The summed E-state index contributed by atoms with van der Waals surface area (Å²) in [4.78, 5) is 41.0. The fourth-order valence-electron chi connectivity index (χ4n) is 5.05. The zero-order chi connectivity index (χ0) is 21.4. The summed E-state index contributed by atoms with van der Waals surface area (Å²) in [6.07, 6.45) is 0.499. The fourth-order valence-corrected chi connectivity index (χ4v) is 5.05. The molecule has 2 N–H and O–H groups in total. The predicted molar refractivity (Wildman–Crippen MR) is 108 cm³/mol. The Morgan fingerprint density at radius 3 is 2.77 bits per heavy atom. The lowest BCUT2D eigenvalue weighted by Crippen LogP contribution is -2.53. The van der Waals surface area contributed by atoms with Crippen LogP contribution in [-0.2, 0) is 27.4 Å². The van der Waals surface area contributed by atoms with E-state index in [0.717, 1.165) is 12.1 Å². The Morgan fingerprint density at radius 2 is 2.07 bits per heavy atom. The highest BCUT2D eigenvalue weighted by Crippen LogP contribution is 2.35. The van der Waals surface area contributed by atoms with Gasteiger partial charge in [-0.1, -0.05) is 6.07 Å². The third-order valence-corrected chi connectivity index (χ3v) is 6.54. The first-order valence-electron chi connectivity index (χ1n) is 10.6. The number of rotatable bonds is 5. The number of likely N-dealkylation sites (tertiary alicyclic amines) is 2. The number of esters is 1. The number of hydrogen-bond donors (Lipinski definition) is 1. The molecular weight excluding hydrogens is 391 g/mol. The van der Waals surface area contributed by atoms with Gasteiger partial charge < -0.3 is 19.9 Å². The lowest BCUT2D eigenvalue weighted by atomic mass is 9.82. The van der Waals surface area contributed by atoms with Crippen molar-refractivity contribution in [1.82, 2.24) is 14.4 Å². The molecule has 8 nitrogen and oxygen atoms in total. The summed E-state index contributed by atoms with van der Waals surface area (Å²) < 4.78 is 19.9. The molecule has 30 heavy (non-hydrogen) atoms. The number of nitrogens with zero attached hydrogens (tertiary/aromatic N) is 3. The molecule has 1 aromatic rings. The maximum atomic E-state index is 13.5. The number of halogens is 1. The maximum Gasteiger partial charge on any atom is 0.307 e. The van der Waals surface area contributed by atoms with E-state index in [2.05, 4.69) is 4.74 Å². The molecule has 4 rings (SSSR count). The van der Waals surface area contributed by atoms with Gasteiger partial charge in [-0.3, -0.25) is 19.3 Å². The third kappa shape index (κ3) is 4.13. The van der Waals surface area contributed by atoms with Gasteiger partial charge >= 0.3 is 5.97 Å². The molecule has 0 saturated carbocycles. The zero-order valence-electron chi connectivity index (χ0n) is 17.3. The summed E-state index contributed by atoms with van der Waals surface area (Å²) in [5, 5.41) is 0. The Kier molecular flexibility index (Phi) is 5.92. The number of pyridine rings is 1. The van der Waals surface area contributed by atoms with Crippen molar-refractivity contribution in [2.75, 3.05) is 33.3 Å². The van der Waals surface area contributed by atoms with Crippen LogP contribution in [0.25, 0.3) is 0 Å². The van der Waals surface area contributed by atoms with E-state index in [-0.39, 0.29) is 29.7 Å². The van der Waals surface area contributed by atoms with E-state index in [1.54, 1.807) is 4.90 Å². The number of fused-ring (bicyclic) bond motifs is 4. The molecule has 4 heterocycles. The van der Waals surface area contributed by atoms with Gasteiger partial charge in [-0.25, -0.2) is 4.39 Å². The van der Waals surface area contributed by atoms with Crippen molar-refractivity contribution in [3.8, 4) is 0 Å². The first-order valence-corrected chi connectivity index (χ1v) is 10.6. The van der Waals surface area contributed by atoms with Crippen LogP contribution in [0.2, 0.25) is 0 Å². The highest BCUT2D eigenvalue weighted by atomic mass is 19.1. The van der Waals surface area contributed by atoms with Gasteiger partial charge in [0.2, 0.25) is 5.91 Å². The Morgan fingerprint density at radius 1 is 1.27 bits per heavy atom. The van der Waals surface area contributed by atoms with Crippen LogP contribution in [0.4, 0.5) is 4.39 Å². The second-order valence-corrected chi connectivity index (χ2v) is 8.75. The molecular formula is C21H29FN4O4. The molecule has 2 saturated heterocycles. The number of methoxy groups -OCH3 is 1. The molecule has 0 spiro atoms. The number of amides is 1. The molecule has 1 amide bonds. The lowest BCUT2D eigenvalue weighted by Gasteiger charge is -2.43. The molecule has 2 fully saturated rings. The van der Waals surface area contributed by atoms with Crippen LogP contribution in [0, 0.1) is 5.92 Å². The Bertz CT molecular complexity index is 888. The first kappa shape index (κ1) is 21.0. The number of ether oxygens (including phenoxy) is 1. The van der Waals surface area contributed by atoms with Crippen molar-refractivity contribution in [2.45, 2.75) is 50.5 Å². The minimum Gasteiger partial charge on any atom is -0.469 e. The van der Waals surface area contributed by atoms with Crippen molar-refractivity contribution in [1.29, 1.82) is 0 Å². The minimum atomic E-state index is -0.916. The van der Waals surface area contributed by atoms with E-state index in [9.17, 15) is 18.8 Å². The van der Waals surface area contributed by atoms with E-state index in [1.165, 1.54) is 7.11 Å². The van der Waals surface area contributed by atoms with Crippen LogP contribution in [-0.4, -0.2) is 71.7 Å². The molecule has 0 aliphatic carbocycles. The molecule has 3 aliphatic rings.